The first-order valence-electron chi connectivity index (χ1n) is 7.31. The van der Waals surface area contributed by atoms with Gasteiger partial charge in [-0.3, -0.25) is 0 Å². The summed E-state index contributed by atoms with van der Waals surface area (Å²) >= 11 is 1.49. The average molecular weight is 340 g/mol. The monoisotopic (exact) mass is 340 g/mol. The second kappa shape index (κ2) is 6.09. The summed E-state index contributed by atoms with van der Waals surface area (Å²) in [6.07, 6.45) is 0. The van der Waals surface area contributed by atoms with Crippen LogP contribution >= 0.6 is 11.8 Å². The molecule has 0 saturated carbocycles. The number of aromatic nitrogens is 3. The Kier molecular flexibility index (Phi) is 3.78. The number of benzene rings is 2. The van der Waals surface area contributed by atoms with Gasteiger partial charge in [-0.15, -0.1) is 10.2 Å². The van der Waals surface area contributed by atoms with E-state index in [0.29, 0.717) is 33.8 Å². The topological polar surface area (TPSA) is 52.3 Å². The van der Waals surface area contributed by atoms with Gasteiger partial charge in [-0.05, 0) is 12.1 Å². The standard InChI is InChI=1S/C17H13FN4OS/c1-23-12-7-8-13(14(18)9-12)15-10-24-17-20-19-16(22(17)21-15)11-5-3-2-4-6-11/h2-9H,10H2,1H3. The molecule has 0 amide bonds. The van der Waals surface area contributed by atoms with Crippen LogP contribution in [0.1, 0.15) is 5.56 Å². The van der Waals surface area contributed by atoms with Crippen molar-refractivity contribution in [2.24, 2.45) is 5.10 Å². The van der Waals surface area contributed by atoms with Crippen LogP contribution in [0.25, 0.3) is 11.4 Å². The number of hydrogen-bond acceptors (Lipinski definition) is 5. The summed E-state index contributed by atoms with van der Waals surface area (Å²) in [4.78, 5) is 0. The van der Waals surface area contributed by atoms with Crippen molar-refractivity contribution in [2.75, 3.05) is 12.9 Å². The van der Waals surface area contributed by atoms with Crippen molar-refractivity contribution in [3.05, 3.63) is 59.9 Å². The maximum absolute atomic E-state index is 14.3. The molecule has 1 aliphatic rings. The zero-order valence-corrected chi connectivity index (χ0v) is 13.6. The van der Waals surface area contributed by atoms with Gasteiger partial charge in [0.05, 0.1) is 12.8 Å². The van der Waals surface area contributed by atoms with Gasteiger partial charge in [0.25, 0.3) is 0 Å². The molecule has 0 saturated heterocycles. The molecule has 4 rings (SSSR count). The molecule has 1 aromatic heterocycles. The largest absolute Gasteiger partial charge is 0.497 e. The first kappa shape index (κ1) is 14.9. The van der Waals surface area contributed by atoms with E-state index in [-0.39, 0.29) is 5.82 Å². The Bertz CT molecular complexity index is 924. The molecular weight excluding hydrogens is 327 g/mol. The molecule has 0 N–H and O–H groups in total. The van der Waals surface area contributed by atoms with Crippen molar-refractivity contribution >= 4 is 17.5 Å². The van der Waals surface area contributed by atoms with Crippen LogP contribution in [0.3, 0.4) is 0 Å². The molecule has 0 radical (unpaired) electrons. The third-order valence-electron chi connectivity index (χ3n) is 3.69. The second-order valence-electron chi connectivity index (χ2n) is 5.17. The summed E-state index contributed by atoms with van der Waals surface area (Å²) < 4.78 is 21.1. The number of thioether (sulfide) groups is 1. The SMILES string of the molecule is COc1ccc(C2=Nn3c(nnc3-c3ccccc3)SC2)c(F)c1. The number of nitrogens with zero attached hydrogens (tertiary/aromatic N) is 4. The van der Waals surface area contributed by atoms with E-state index >= 15 is 0 Å². The number of rotatable bonds is 3. The Morgan fingerprint density at radius 3 is 2.71 bits per heavy atom. The van der Waals surface area contributed by atoms with E-state index in [2.05, 4.69) is 15.3 Å². The average Bonchev–Trinajstić information content (AvgIpc) is 3.05. The van der Waals surface area contributed by atoms with Gasteiger partial charge in [-0.1, -0.05) is 42.1 Å². The molecule has 0 atom stereocenters. The van der Waals surface area contributed by atoms with Crippen LogP contribution in [-0.4, -0.2) is 33.4 Å². The van der Waals surface area contributed by atoms with Crippen LogP contribution in [0.5, 0.6) is 5.75 Å². The zero-order valence-electron chi connectivity index (χ0n) is 12.8. The number of hydrogen-bond donors (Lipinski definition) is 0. The van der Waals surface area contributed by atoms with Gasteiger partial charge in [0, 0.05) is 22.9 Å². The summed E-state index contributed by atoms with van der Waals surface area (Å²) in [7, 11) is 1.51. The van der Waals surface area contributed by atoms with Gasteiger partial charge in [-0.25, -0.2) is 4.39 Å². The maximum Gasteiger partial charge on any atom is 0.212 e. The van der Waals surface area contributed by atoms with Gasteiger partial charge in [0.1, 0.15) is 11.6 Å². The highest BCUT2D eigenvalue weighted by atomic mass is 32.2. The fraction of sp³-hybridized carbons (Fsp3) is 0.118. The Hall–Kier alpha value is -2.67. The molecule has 24 heavy (non-hydrogen) atoms. The van der Waals surface area contributed by atoms with E-state index in [1.54, 1.807) is 16.8 Å². The molecule has 2 heterocycles. The lowest BCUT2D eigenvalue weighted by atomic mass is 10.1. The van der Waals surface area contributed by atoms with Crippen LogP contribution in [-0.2, 0) is 0 Å². The molecular formula is C17H13FN4OS. The van der Waals surface area contributed by atoms with Crippen LogP contribution < -0.4 is 4.74 Å². The van der Waals surface area contributed by atoms with E-state index in [1.807, 2.05) is 30.3 Å². The van der Waals surface area contributed by atoms with Gasteiger partial charge in [-0.2, -0.15) is 9.78 Å². The Labute approximate surface area is 142 Å². The molecule has 5 nitrogen and oxygen atoms in total. The highest BCUT2D eigenvalue weighted by Crippen LogP contribution is 2.29. The van der Waals surface area contributed by atoms with Gasteiger partial charge in [0.2, 0.25) is 5.16 Å². The lowest BCUT2D eigenvalue weighted by Gasteiger charge is -2.14. The summed E-state index contributed by atoms with van der Waals surface area (Å²) in [5, 5.41) is 13.7. The van der Waals surface area contributed by atoms with Gasteiger partial charge in [0.15, 0.2) is 5.82 Å². The van der Waals surface area contributed by atoms with E-state index in [1.165, 1.54) is 24.9 Å². The summed E-state index contributed by atoms with van der Waals surface area (Å²) in [6, 6.07) is 14.5. The minimum absolute atomic E-state index is 0.355. The first-order valence-corrected chi connectivity index (χ1v) is 8.30. The van der Waals surface area contributed by atoms with Crippen LogP contribution in [0, 0.1) is 5.82 Å². The quantitative estimate of drug-likeness (QED) is 0.733. The maximum atomic E-state index is 14.3. The summed E-state index contributed by atoms with van der Waals surface area (Å²) in [5.41, 5.74) is 2.02. The summed E-state index contributed by atoms with van der Waals surface area (Å²) in [5.74, 6) is 1.31. The lowest BCUT2D eigenvalue weighted by molar-refractivity contribution is 0.411. The van der Waals surface area contributed by atoms with Crippen molar-refractivity contribution in [3.8, 4) is 17.1 Å². The normalized spacial score (nSPS) is 13.3. The van der Waals surface area contributed by atoms with Crippen LogP contribution in [0.2, 0.25) is 0 Å². The Balaban J connectivity index is 1.78. The number of fused-ring (bicyclic) bond motifs is 1. The predicted molar refractivity (Wildman–Crippen MR) is 91.1 cm³/mol. The van der Waals surface area contributed by atoms with Crippen LogP contribution in [0.4, 0.5) is 4.39 Å². The van der Waals surface area contributed by atoms with E-state index in [4.69, 9.17) is 4.74 Å². The Morgan fingerprint density at radius 1 is 1.12 bits per heavy atom. The highest BCUT2D eigenvalue weighted by Gasteiger charge is 2.22. The van der Waals surface area contributed by atoms with Crippen molar-refractivity contribution in [2.45, 2.75) is 5.16 Å². The second-order valence-corrected chi connectivity index (χ2v) is 6.11. The molecule has 120 valence electrons. The van der Waals surface area contributed by atoms with Crippen molar-refractivity contribution in [1.82, 2.24) is 14.9 Å². The predicted octanol–water partition coefficient (Wildman–Crippen LogP) is 3.45. The minimum atomic E-state index is -0.355. The zero-order chi connectivity index (χ0) is 16.5. The third-order valence-corrected chi connectivity index (χ3v) is 4.62. The summed E-state index contributed by atoms with van der Waals surface area (Å²) in [6.45, 7) is 0. The van der Waals surface area contributed by atoms with E-state index in [9.17, 15) is 4.39 Å². The van der Waals surface area contributed by atoms with Crippen molar-refractivity contribution in [1.29, 1.82) is 0 Å². The van der Waals surface area contributed by atoms with Gasteiger partial charge >= 0.3 is 0 Å². The smallest absolute Gasteiger partial charge is 0.212 e. The molecule has 0 bridgehead atoms. The molecule has 0 aliphatic carbocycles. The van der Waals surface area contributed by atoms with Crippen LogP contribution in [0.15, 0.2) is 58.8 Å². The van der Waals surface area contributed by atoms with Crippen molar-refractivity contribution < 1.29 is 9.13 Å². The molecule has 2 aromatic carbocycles. The number of ether oxygens (including phenoxy) is 1. The third kappa shape index (κ3) is 2.56. The molecule has 0 spiro atoms. The molecule has 7 heteroatoms. The number of methoxy groups -OCH3 is 1. The molecule has 0 fully saturated rings. The molecule has 1 aliphatic heterocycles. The number of halogens is 1. The fourth-order valence-corrected chi connectivity index (χ4v) is 3.31. The first-order chi connectivity index (χ1) is 11.8. The van der Waals surface area contributed by atoms with E-state index in [0.717, 1.165) is 5.56 Å². The lowest BCUT2D eigenvalue weighted by Crippen LogP contribution is -2.15. The molecule has 3 aromatic rings. The minimum Gasteiger partial charge on any atom is -0.497 e. The molecule has 0 unspecified atom stereocenters. The van der Waals surface area contributed by atoms with Gasteiger partial charge < -0.3 is 4.74 Å². The fourth-order valence-electron chi connectivity index (χ4n) is 2.48. The van der Waals surface area contributed by atoms with Crippen molar-refractivity contribution in [3.63, 3.8) is 0 Å². The highest BCUT2D eigenvalue weighted by molar-refractivity contribution is 7.99. The van der Waals surface area contributed by atoms with E-state index < -0.39 is 0 Å². The Morgan fingerprint density at radius 2 is 1.96 bits per heavy atom.